The molecule has 2 aromatic rings. The fourth-order valence-electron chi connectivity index (χ4n) is 3.63. The highest BCUT2D eigenvalue weighted by Crippen LogP contribution is 2.39. The second-order valence-corrected chi connectivity index (χ2v) is 7.23. The highest BCUT2D eigenvalue weighted by Gasteiger charge is 2.21. The number of anilines is 1. The van der Waals surface area contributed by atoms with Gasteiger partial charge in [0, 0.05) is 31.3 Å². The molecule has 31 heavy (non-hydrogen) atoms. The van der Waals surface area contributed by atoms with Gasteiger partial charge in [-0.15, -0.1) is 0 Å². The normalized spacial score (nSPS) is 12.7. The Labute approximate surface area is 183 Å². The van der Waals surface area contributed by atoms with Crippen molar-refractivity contribution in [2.24, 2.45) is 0 Å². The Morgan fingerprint density at radius 1 is 0.935 bits per heavy atom. The molecule has 0 atom stereocenters. The van der Waals surface area contributed by atoms with Gasteiger partial charge in [-0.2, -0.15) is 0 Å². The lowest BCUT2D eigenvalue weighted by Crippen LogP contribution is -2.34. The van der Waals surface area contributed by atoms with E-state index in [2.05, 4.69) is 5.32 Å². The predicted molar refractivity (Wildman–Crippen MR) is 119 cm³/mol. The van der Waals surface area contributed by atoms with E-state index in [1.54, 1.807) is 19.1 Å². The summed E-state index contributed by atoms with van der Waals surface area (Å²) in [7, 11) is 0. The SMILES string of the molecule is CCOc1cc(C(=O)Nc2ccc3c(c2)CN(C(C)=O)CC3)cc(OCC)c1OCC. The minimum absolute atomic E-state index is 0.0568. The Morgan fingerprint density at radius 2 is 1.58 bits per heavy atom. The van der Waals surface area contributed by atoms with E-state index >= 15 is 0 Å². The lowest BCUT2D eigenvalue weighted by molar-refractivity contribution is -0.129. The van der Waals surface area contributed by atoms with E-state index in [4.69, 9.17) is 14.2 Å². The van der Waals surface area contributed by atoms with Crippen LogP contribution in [-0.2, 0) is 17.8 Å². The van der Waals surface area contributed by atoms with Crippen LogP contribution in [0.5, 0.6) is 17.2 Å². The van der Waals surface area contributed by atoms with Crippen molar-refractivity contribution in [3.63, 3.8) is 0 Å². The molecule has 0 aromatic heterocycles. The number of benzene rings is 2. The van der Waals surface area contributed by atoms with Crippen molar-refractivity contribution in [3.05, 3.63) is 47.0 Å². The summed E-state index contributed by atoms with van der Waals surface area (Å²) in [5, 5.41) is 2.95. The van der Waals surface area contributed by atoms with Crippen LogP contribution in [-0.4, -0.2) is 43.1 Å². The van der Waals surface area contributed by atoms with E-state index in [0.717, 1.165) is 18.5 Å². The third-order valence-corrected chi connectivity index (χ3v) is 5.09. The van der Waals surface area contributed by atoms with Gasteiger partial charge in [0.2, 0.25) is 11.7 Å². The summed E-state index contributed by atoms with van der Waals surface area (Å²) in [6.07, 6.45) is 0.817. The first kappa shape index (κ1) is 22.5. The Bertz CT molecular complexity index is 930. The Balaban J connectivity index is 1.86. The molecular weight excluding hydrogens is 396 g/mol. The number of ether oxygens (including phenoxy) is 3. The third kappa shape index (κ3) is 5.29. The molecule has 0 saturated heterocycles. The summed E-state index contributed by atoms with van der Waals surface area (Å²) in [6, 6.07) is 9.17. The van der Waals surface area contributed by atoms with Gasteiger partial charge in [0.1, 0.15) is 0 Å². The lowest BCUT2D eigenvalue weighted by Gasteiger charge is -2.28. The van der Waals surface area contributed by atoms with Crippen molar-refractivity contribution in [3.8, 4) is 17.2 Å². The number of carbonyl (C=O) groups excluding carboxylic acids is 2. The molecule has 7 nitrogen and oxygen atoms in total. The minimum atomic E-state index is -0.274. The maximum absolute atomic E-state index is 13.0. The van der Waals surface area contributed by atoms with Crippen LogP contribution < -0.4 is 19.5 Å². The third-order valence-electron chi connectivity index (χ3n) is 5.09. The number of hydrogen-bond donors (Lipinski definition) is 1. The molecule has 1 heterocycles. The Kier molecular flexibility index (Phi) is 7.39. The summed E-state index contributed by atoms with van der Waals surface area (Å²) in [4.78, 5) is 26.5. The van der Waals surface area contributed by atoms with Crippen LogP contribution in [0.2, 0.25) is 0 Å². The number of fused-ring (bicyclic) bond motifs is 1. The number of nitrogens with one attached hydrogen (secondary N) is 1. The van der Waals surface area contributed by atoms with Gasteiger partial charge >= 0.3 is 0 Å². The molecule has 2 amide bonds. The highest BCUT2D eigenvalue weighted by atomic mass is 16.5. The van der Waals surface area contributed by atoms with Crippen LogP contribution in [0.4, 0.5) is 5.69 Å². The lowest BCUT2D eigenvalue weighted by atomic mass is 9.99. The van der Waals surface area contributed by atoms with Gasteiger partial charge in [0.05, 0.1) is 19.8 Å². The maximum Gasteiger partial charge on any atom is 0.255 e. The molecule has 1 aliphatic heterocycles. The molecule has 0 bridgehead atoms. The summed E-state index contributed by atoms with van der Waals surface area (Å²) < 4.78 is 17.1. The quantitative estimate of drug-likeness (QED) is 0.689. The first-order valence-electron chi connectivity index (χ1n) is 10.7. The molecule has 0 fully saturated rings. The van der Waals surface area contributed by atoms with Crippen LogP contribution in [0.1, 0.15) is 49.2 Å². The van der Waals surface area contributed by atoms with E-state index in [0.29, 0.717) is 54.9 Å². The van der Waals surface area contributed by atoms with E-state index in [1.165, 1.54) is 5.56 Å². The van der Waals surface area contributed by atoms with Crippen molar-refractivity contribution in [2.45, 2.75) is 40.7 Å². The van der Waals surface area contributed by atoms with E-state index in [1.807, 2.05) is 43.9 Å². The molecular formula is C24H30N2O5. The number of amides is 2. The van der Waals surface area contributed by atoms with Crippen molar-refractivity contribution in [1.29, 1.82) is 0 Å². The molecule has 0 spiro atoms. The fraction of sp³-hybridized carbons (Fsp3) is 0.417. The van der Waals surface area contributed by atoms with Crippen LogP contribution in [0.15, 0.2) is 30.3 Å². The highest BCUT2D eigenvalue weighted by molar-refractivity contribution is 6.05. The zero-order valence-electron chi connectivity index (χ0n) is 18.6. The number of nitrogens with zero attached hydrogens (tertiary/aromatic N) is 1. The number of rotatable bonds is 8. The molecule has 1 aliphatic rings. The molecule has 2 aromatic carbocycles. The minimum Gasteiger partial charge on any atom is -0.490 e. The summed E-state index contributed by atoms with van der Waals surface area (Å²) >= 11 is 0. The van der Waals surface area contributed by atoms with Crippen LogP contribution >= 0.6 is 0 Å². The average Bonchev–Trinajstić information content (AvgIpc) is 2.75. The molecule has 0 aliphatic carbocycles. The van der Waals surface area contributed by atoms with E-state index in [-0.39, 0.29) is 11.8 Å². The summed E-state index contributed by atoms with van der Waals surface area (Å²) in [5.74, 6) is 1.23. The van der Waals surface area contributed by atoms with E-state index < -0.39 is 0 Å². The zero-order chi connectivity index (χ0) is 22.4. The molecule has 1 N–H and O–H groups in total. The first-order chi connectivity index (χ1) is 15.0. The Morgan fingerprint density at radius 3 is 2.16 bits per heavy atom. The fourth-order valence-corrected chi connectivity index (χ4v) is 3.63. The molecule has 0 saturated carbocycles. The molecule has 7 heteroatoms. The van der Waals surface area contributed by atoms with Crippen molar-refractivity contribution in [1.82, 2.24) is 4.90 Å². The molecule has 0 unspecified atom stereocenters. The maximum atomic E-state index is 13.0. The van der Waals surface area contributed by atoms with Gasteiger partial charge in [-0.05, 0) is 62.6 Å². The predicted octanol–water partition coefficient (Wildman–Crippen LogP) is 4.04. The first-order valence-corrected chi connectivity index (χ1v) is 10.7. The van der Waals surface area contributed by atoms with Crippen LogP contribution in [0, 0.1) is 0 Å². The van der Waals surface area contributed by atoms with Crippen LogP contribution in [0.25, 0.3) is 0 Å². The molecule has 0 radical (unpaired) electrons. The van der Waals surface area contributed by atoms with Gasteiger partial charge in [-0.1, -0.05) is 6.07 Å². The Hall–Kier alpha value is -3.22. The van der Waals surface area contributed by atoms with Gasteiger partial charge in [0.15, 0.2) is 11.5 Å². The van der Waals surface area contributed by atoms with Gasteiger partial charge < -0.3 is 24.4 Å². The van der Waals surface area contributed by atoms with Gasteiger partial charge in [-0.25, -0.2) is 0 Å². The smallest absolute Gasteiger partial charge is 0.255 e. The number of hydrogen-bond acceptors (Lipinski definition) is 5. The standard InChI is InChI=1S/C24H30N2O5/c1-5-29-21-13-18(14-22(30-6-2)23(21)31-7-3)24(28)25-20-9-8-17-10-11-26(16(4)27)15-19(17)12-20/h8-9,12-14H,5-7,10-11,15H2,1-4H3,(H,25,28). The topological polar surface area (TPSA) is 77.1 Å². The molecule has 166 valence electrons. The van der Waals surface area contributed by atoms with Crippen molar-refractivity contribution < 1.29 is 23.8 Å². The monoisotopic (exact) mass is 426 g/mol. The summed E-state index contributed by atoms with van der Waals surface area (Å²) in [5.41, 5.74) is 3.35. The van der Waals surface area contributed by atoms with Crippen molar-refractivity contribution in [2.75, 3.05) is 31.7 Å². The second kappa shape index (κ2) is 10.2. The van der Waals surface area contributed by atoms with Crippen LogP contribution in [0.3, 0.4) is 0 Å². The largest absolute Gasteiger partial charge is 0.490 e. The van der Waals surface area contributed by atoms with Gasteiger partial charge in [0.25, 0.3) is 5.91 Å². The second-order valence-electron chi connectivity index (χ2n) is 7.23. The van der Waals surface area contributed by atoms with E-state index in [9.17, 15) is 9.59 Å². The van der Waals surface area contributed by atoms with Gasteiger partial charge in [-0.3, -0.25) is 9.59 Å². The average molecular weight is 427 g/mol. The molecule has 3 rings (SSSR count). The van der Waals surface area contributed by atoms with Crippen molar-refractivity contribution >= 4 is 17.5 Å². The zero-order valence-corrected chi connectivity index (χ0v) is 18.6. The summed E-state index contributed by atoms with van der Waals surface area (Å²) in [6.45, 7) is 9.83. The number of carbonyl (C=O) groups is 2.